The van der Waals surface area contributed by atoms with Crippen LogP contribution in [0.15, 0.2) is 71.1 Å². The number of fused-ring (bicyclic) bond motifs is 2. The lowest BCUT2D eigenvalue weighted by molar-refractivity contribution is -0.151. The van der Waals surface area contributed by atoms with Crippen LogP contribution in [0, 0.1) is 0 Å². The van der Waals surface area contributed by atoms with Crippen LogP contribution in [-0.2, 0) is 51.1 Å². The monoisotopic (exact) mass is 752 g/mol. The Morgan fingerprint density at radius 1 is 0.769 bits per heavy atom. The number of nitrogen functional groups attached to an aromatic ring is 2. The maximum absolute atomic E-state index is 12.5. The number of nitrogens with one attached hydrogen (secondary N) is 2. The first-order chi connectivity index (χ1) is 24.7. The molecule has 0 spiro atoms. The van der Waals surface area contributed by atoms with Crippen molar-refractivity contribution in [3.05, 3.63) is 82.2 Å². The summed E-state index contributed by atoms with van der Waals surface area (Å²) in [6.07, 6.45) is 0.0989. The molecular formula is C34H36N6O10S2. The predicted octanol–water partition coefficient (Wildman–Crippen LogP) is 0.683. The summed E-state index contributed by atoms with van der Waals surface area (Å²) in [7, 11) is 0. The van der Waals surface area contributed by atoms with Gasteiger partial charge in [0.25, 0.3) is 11.8 Å². The number of carboxylic acid groups (broad SMARTS) is 2. The Kier molecular flexibility index (Phi) is 11.5. The van der Waals surface area contributed by atoms with Gasteiger partial charge in [0.2, 0.25) is 11.8 Å². The van der Waals surface area contributed by atoms with Gasteiger partial charge in [0, 0.05) is 35.4 Å². The van der Waals surface area contributed by atoms with E-state index >= 15 is 0 Å². The van der Waals surface area contributed by atoms with Crippen LogP contribution < -0.4 is 22.1 Å². The topological polar surface area (TPSA) is 252 Å². The van der Waals surface area contributed by atoms with E-state index < -0.39 is 47.2 Å². The lowest BCUT2D eigenvalue weighted by Gasteiger charge is -2.49. The Hall–Kier alpha value is -5.49. The van der Waals surface area contributed by atoms with Crippen LogP contribution in [0.1, 0.15) is 25.0 Å². The lowest BCUT2D eigenvalue weighted by Crippen LogP contribution is -2.70. The number of β-lactam (4-membered cyclic amide) rings is 2. The zero-order chi connectivity index (χ0) is 37.9. The van der Waals surface area contributed by atoms with Gasteiger partial charge in [-0.3, -0.25) is 33.8 Å². The fourth-order valence-electron chi connectivity index (χ4n) is 5.94. The van der Waals surface area contributed by atoms with Crippen LogP contribution in [0.25, 0.3) is 0 Å². The van der Waals surface area contributed by atoms with Crippen LogP contribution in [0.3, 0.4) is 0 Å². The van der Waals surface area contributed by atoms with Crippen molar-refractivity contribution in [3.63, 3.8) is 0 Å². The third kappa shape index (κ3) is 7.86. The van der Waals surface area contributed by atoms with Crippen molar-refractivity contribution >= 4 is 76.4 Å². The van der Waals surface area contributed by atoms with Gasteiger partial charge in [-0.2, -0.15) is 0 Å². The number of hydrogen-bond donors (Lipinski definition) is 6. The summed E-state index contributed by atoms with van der Waals surface area (Å²) in [6.45, 7) is 2.73. The van der Waals surface area contributed by atoms with Gasteiger partial charge >= 0.3 is 17.9 Å². The molecule has 274 valence electrons. The van der Waals surface area contributed by atoms with Gasteiger partial charge in [-0.05, 0) is 35.8 Å². The van der Waals surface area contributed by atoms with E-state index in [1.165, 1.54) is 35.3 Å². The number of para-hydroxylation sites is 2. The lowest BCUT2D eigenvalue weighted by atomic mass is 10.0. The molecule has 52 heavy (non-hydrogen) atoms. The van der Waals surface area contributed by atoms with Crippen molar-refractivity contribution in [1.82, 2.24) is 20.4 Å². The zero-order valence-electron chi connectivity index (χ0n) is 28.0. The minimum absolute atomic E-state index is 0.0210. The first-order valence-electron chi connectivity index (χ1n) is 15.9. The fraction of sp³-hybridized carbons (Fsp3) is 0.324. The number of nitrogens with two attached hydrogens (primary N) is 2. The van der Waals surface area contributed by atoms with Gasteiger partial charge in [0.05, 0.1) is 12.8 Å². The van der Waals surface area contributed by atoms with Crippen molar-refractivity contribution in [3.8, 4) is 0 Å². The fourth-order valence-corrected chi connectivity index (χ4v) is 8.56. The van der Waals surface area contributed by atoms with Crippen molar-refractivity contribution < 1.29 is 48.5 Å². The number of amides is 4. The van der Waals surface area contributed by atoms with Crippen molar-refractivity contribution in [2.75, 3.05) is 29.6 Å². The highest BCUT2D eigenvalue weighted by molar-refractivity contribution is 8.00. The molecule has 4 aliphatic heterocycles. The number of thioether (sulfide) groups is 2. The summed E-state index contributed by atoms with van der Waals surface area (Å²) in [5.74, 6) is -3.71. The van der Waals surface area contributed by atoms with E-state index in [1.807, 2.05) is 0 Å². The van der Waals surface area contributed by atoms with Gasteiger partial charge in [-0.1, -0.05) is 36.4 Å². The van der Waals surface area contributed by atoms with E-state index in [2.05, 4.69) is 10.6 Å². The van der Waals surface area contributed by atoms with Crippen molar-refractivity contribution in [2.45, 2.75) is 49.5 Å². The average Bonchev–Trinajstić information content (AvgIpc) is 3.10. The highest BCUT2D eigenvalue weighted by atomic mass is 32.2. The molecule has 2 aromatic carbocycles. The summed E-state index contributed by atoms with van der Waals surface area (Å²) in [5, 5.41) is 23.2. The molecule has 0 saturated carbocycles. The summed E-state index contributed by atoms with van der Waals surface area (Å²) in [6, 6.07) is 12.5. The second-order valence-corrected chi connectivity index (χ2v) is 14.3. The van der Waals surface area contributed by atoms with Gasteiger partial charge in [0.1, 0.15) is 40.8 Å². The molecule has 2 unspecified atom stereocenters. The summed E-state index contributed by atoms with van der Waals surface area (Å²) >= 11 is 2.76. The van der Waals surface area contributed by atoms with E-state index in [4.69, 9.17) is 16.2 Å². The Labute approximate surface area is 305 Å². The Balaban J connectivity index is 0.000000203. The molecule has 2 saturated heterocycles. The zero-order valence-corrected chi connectivity index (χ0v) is 29.6. The molecule has 2 aromatic rings. The molecule has 16 nitrogen and oxygen atoms in total. The molecule has 0 bridgehead atoms. The van der Waals surface area contributed by atoms with Crippen molar-refractivity contribution in [2.24, 2.45) is 0 Å². The number of esters is 1. The molecule has 4 aliphatic rings. The minimum Gasteiger partial charge on any atom is -0.477 e. The number of carbonyl (C=O) groups is 7. The number of carboxylic acids is 2. The number of rotatable bonds is 10. The number of ether oxygens (including phenoxy) is 1. The molecular weight excluding hydrogens is 717 g/mol. The smallest absolute Gasteiger partial charge is 0.352 e. The SMILES string of the molecule is CC(=O)OCC1=C(C(=O)O)N2C(=O)C(NC(=O)Cc3ccccc3N)[C@H]2SC1.CC1=C(C(=O)O)N2C(=O)C(NC(=O)Cc3ccccc3N)[C@H]2SC1. The molecule has 6 rings (SSSR count). The number of aliphatic carboxylic acids is 2. The van der Waals surface area contributed by atoms with Crippen LogP contribution in [0.4, 0.5) is 11.4 Å². The highest BCUT2D eigenvalue weighted by Crippen LogP contribution is 2.41. The van der Waals surface area contributed by atoms with Gasteiger partial charge in [0.15, 0.2) is 0 Å². The van der Waals surface area contributed by atoms with Gasteiger partial charge in [-0.25, -0.2) is 9.59 Å². The van der Waals surface area contributed by atoms with Gasteiger partial charge in [-0.15, -0.1) is 23.5 Å². The Morgan fingerprint density at radius 2 is 1.21 bits per heavy atom. The molecule has 18 heteroatoms. The average molecular weight is 753 g/mol. The number of hydrogen-bond acceptors (Lipinski definition) is 12. The van der Waals surface area contributed by atoms with Gasteiger partial charge < -0.3 is 37.1 Å². The van der Waals surface area contributed by atoms with E-state index in [0.29, 0.717) is 39.4 Å². The molecule has 4 heterocycles. The summed E-state index contributed by atoms with van der Waals surface area (Å²) in [4.78, 5) is 85.7. The first-order valence-corrected chi connectivity index (χ1v) is 18.0. The molecule has 2 fully saturated rings. The largest absolute Gasteiger partial charge is 0.477 e. The van der Waals surface area contributed by atoms with E-state index in [-0.39, 0.29) is 53.8 Å². The molecule has 0 radical (unpaired) electrons. The van der Waals surface area contributed by atoms with E-state index in [9.17, 15) is 43.8 Å². The number of benzene rings is 2. The second kappa shape index (κ2) is 15.8. The van der Waals surface area contributed by atoms with Crippen LogP contribution >= 0.6 is 23.5 Å². The Morgan fingerprint density at radius 3 is 1.65 bits per heavy atom. The summed E-state index contributed by atoms with van der Waals surface area (Å²) in [5.41, 5.74) is 14.8. The third-order valence-electron chi connectivity index (χ3n) is 8.51. The third-order valence-corrected chi connectivity index (χ3v) is 11.3. The highest BCUT2D eigenvalue weighted by Gasteiger charge is 2.55. The maximum atomic E-state index is 12.5. The number of carbonyl (C=O) groups excluding carboxylic acids is 5. The quantitative estimate of drug-likeness (QED) is 0.111. The Bertz CT molecular complexity index is 1920. The van der Waals surface area contributed by atoms with Crippen LogP contribution in [0.2, 0.25) is 0 Å². The predicted molar refractivity (Wildman–Crippen MR) is 191 cm³/mol. The molecule has 0 aromatic heterocycles. The van der Waals surface area contributed by atoms with E-state index in [0.717, 1.165) is 4.90 Å². The number of nitrogens with zero attached hydrogens (tertiary/aromatic N) is 2. The van der Waals surface area contributed by atoms with E-state index in [1.54, 1.807) is 55.5 Å². The molecule has 4 amide bonds. The number of anilines is 2. The second-order valence-electron chi connectivity index (χ2n) is 12.1. The molecule has 4 atom stereocenters. The normalized spacial score (nSPS) is 21.7. The minimum atomic E-state index is -1.28. The maximum Gasteiger partial charge on any atom is 0.352 e. The first kappa shape index (κ1) is 37.8. The molecule has 0 aliphatic carbocycles. The van der Waals surface area contributed by atoms with Crippen LogP contribution in [-0.4, -0.2) is 102 Å². The molecule has 8 N–H and O–H groups in total. The van der Waals surface area contributed by atoms with Crippen LogP contribution in [0.5, 0.6) is 0 Å². The standard InChI is InChI=1S/C18H19N3O6S.C16H17N3O4S/c1-9(22)27-7-11-8-28-17-14(16(24)21(17)15(11)18(25)26)20-13(23)6-10-4-2-3-5-12(10)19;1-8-7-24-15-12(14(21)19(15)13(8)16(22)23)18-11(20)6-9-4-2-3-5-10(9)17/h2-5,14,17H,6-8,19H2,1H3,(H,20,23)(H,25,26);2-5,12,15H,6-7,17H2,1H3,(H,18,20)(H,22,23)/t14?,17-;12?,15-/m11/s1. The van der Waals surface area contributed by atoms with Crippen molar-refractivity contribution in [1.29, 1.82) is 0 Å². The summed E-state index contributed by atoms with van der Waals surface area (Å²) < 4.78 is 4.88.